The molecule has 0 amide bonds. The summed E-state index contributed by atoms with van der Waals surface area (Å²) >= 11 is 0. The molecule has 3 heterocycles. The van der Waals surface area contributed by atoms with Crippen molar-refractivity contribution in [2.75, 3.05) is 18.7 Å². The first-order valence-electron chi connectivity index (χ1n) is 7.03. The van der Waals surface area contributed by atoms with Crippen LogP contribution in [-0.4, -0.2) is 43.3 Å². The molecule has 8 heteroatoms. The molecule has 0 radical (unpaired) electrons. The van der Waals surface area contributed by atoms with E-state index in [0.29, 0.717) is 31.1 Å². The van der Waals surface area contributed by atoms with Gasteiger partial charge in [-0.25, -0.2) is 9.67 Å². The SMILES string of the molecule is OCCn1ncnc1-c1nnc2c3c(cccc13)NOCC2. The smallest absolute Gasteiger partial charge is 0.179 e. The molecule has 0 saturated heterocycles. The van der Waals surface area contributed by atoms with Crippen molar-refractivity contribution in [3.8, 4) is 11.5 Å². The minimum atomic E-state index is -0.0134. The lowest BCUT2D eigenvalue weighted by atomic mass is 10.0. The fraction of sp³-hybridized carbons (Fsp3) is 0.286. The van der Waals surface area contributed by atoms with Crippen LogP contribution in [0.3, 0.4) is 0 Å². The number of nitrogens with zero attached hydrogens (tertiary/aromatic N) is 5. The fourth-order valence-electron chi connectivity index (χ4n) is 2.68. The lowest BCUT2D eigenvalue weighted by Crippen LogP contribution is -2.08. The number of aromatic nitrogens is 5. The monoisotopic (exact) mass is 298 g/mol. The van der Waals surface area contributed by atoms with E-state index in [0.717, 1.165) is 22.2 Å². The third-order valence-electron chi connectivity index (χ3n) is 3.64. The summed E-state index contributed by atoms with van der Waals surface area (Å²) in [7, 11) is 0. The van der Waals surface area contributed by atoms with E-state index in [-0.39, 0.29) is 6.61 Å². The molecule has 112 valence electrons. The van der Waals surface area contributed by atoms with Gasteiger partial charge in [-0.2, -0.15) is 10.2 Å². The van der Waals surface area contributed by atoms with Crippen LogP contribution in [0.4, 0.5) is 5.69 Å². The highest BCUT2D eigenvalue weighted by Gasteiger charge is 2.19. The molecule has 0 unspecified atom stereocenters. The number of hydrogen-bond acceptors (Lipinski definition) is 7. The number of anilines is 1. The van der Waals surface area contributed by atoms with E-state index >= 15 is 0 Å². The fourth-order valence-corrected chi connectivity index (χ4v) is 2.68. The molecular formula is C14H14N6O2. The summed E-state index contributed by atoms with van der Waals surface area (Å²) in [5.41, 5.74) is 5.37. The number of hydrogen-bond donors (Lipinski definition) is 2. The standard InChI is InChI=1S/C14H14N6O2/c21-6-5-20-14(15-8-16-20)13-9-2-1-3-11-12(9)10(17-18-13)4-7-22-19-11/h1-3,8,19,21H,4-7H2. The van der Waals surface area contributed by atoms with E-state index in [1.807, 2.05) is 18.2 Å². The Bertz CT molecular complexity index is 819. The summed E-state index contributed by atoms with van der Waals surface area (Å²) < 4.78 is 1.62. The number of aliphatic hydroxyl groups excluding tert-OH is 1. The molecule has 0 saturated carbocycles. The summed E-state index contributed by atoms with van der Waals surface area (Å²) in [6.45, 7) is 0.889. The van der Waals surface area contributed by atoms with Crippen LogP contribution in [0.25, 0.3) is 22.3 Å². The van der Waals surface area contributed by atoms with Crippen molar-refractivity contribution in [1.82, 2.24) is 25.0 Å². The molecule has 0 spiro atoms. The summed E-state index contributed by atoms with van der Waals surface area (Å²) in [4.78, 5) is 9.64. The molecule has 1 aliphatic heterocycles. The van der Waals surface area contributed by atoms with Crippen LogP contribution >= 0.6 is 0 Å². The van der Waals surface area contributed by atoms with Crippen LogP contribution in [-0.2, 0) is 17.8 Å². The zero-order chi connectivity index (χ0) is 14.9. The Morgan fingerprint density at radius 2 is 2.27 bits per heavy atom. The van der Waals surface area contributed by atoms with Crippen LogP contribution in [0.5, 0.6) is 0 Å². The molecular weight excluding hydrogens is 284 g/mol. The Labute approximate surface area is 125 Å². The average Bonchev–Trinajstić information content (AvgIpc) is 2.89. The number of aliphatic hydroxyl groups is 1. The molecule has 3 aromatic rings. The van der Waals surface area contributed by atoms with Gasteiger partial charge in [0.1, 0.15) is 12.0 Å². The summed E-state index contributed by atoms with van der Waals surface area (Å²) in [6.07, 6.45) is 2.15. The molecule has 2 N–H and O–H groups in total. The second-order valence-electron chi connectivity index (χ2n) is 4.95. The first kappa shape index (κ1) is 13.1. The van der Waals surface area contributed by atoms with E-state index in [9.17, 15) is 0 Å². The summed E-state index contributed by atoms with van der Waals surface area (Å²) in [6, 6.07) is 5.86. The Morgan fingerprint density at radius 3 is 3.18 bits per heavy atom. The van der Waals surface area contributed by atoms with E-state index < -0.39 is 0 Å². The zero-order valence-corrected chi connectivity index (χ0v) is 11.7. The average molecular weight is 298 g/mol. The quantitative estimate of drug-likeness (QED) is 0.737. The first-order chi connectivity index (χ1) is 10.9. The van der Waals surface area contributed by atoms with Crippen molar-refractivity contribution in [1.29, 1.82) is 0 Å². The van der Waals surface area contributed by atoms with Gasteiger partial charge in [-0.3, -0.25) is 10.3 Å². The van der Waals surface area contributed by atoms with Crippen molar-refractivity contribution in [3.05, 3.63) is 30.2 Å². The molecule has 4 rings (SSSR count). The molecule has 0 fully saturated rings. The van der Waals surface area contributed by atoms with E-state index in [1.54, 1.807) is 4.68 Å². The van der Waals surface area contributed by atoms with Crippen molar-refractivity contribution in [2.45, 2.75) is 13.0 Å². The first-order valence-corrected chi connectivity index (χ1v) is 7.03. The minimum Gasteiger partial charge on any atom is -0.394 e. The molecule has 0 atom stereocenters. The second-order valence-corrected chi connectivity index (χ2v) is 4.95. The number of nitrogens with one attached hydrogen (secondary N) is 1. The summed E-state index contributed by atoms with van der Waals surface area (Å²) in [5, 5.41) is 23.9. The van der Waals surface area contributed by atoms with Gasteiger partial charge in [0.05, 0.1) is 31.1 Å². The molecule has 8 nitrogen and oxygen atoms in total. The molecule has 2 aromatic heterocycles. The van der Waals surface area contributed by atoms with E-state index in [4.69, 9.17) is 9.94 Å². The Kier molecular flexibility index (Phi) is 3.17. The Hall–Kier alpha value is -2.58. The van der Waals surface area contributed by atoms with Gasteiger partial charge in [0.15, 0.2) is 5.82 Å². The van der Waals surface area contributed by atoms with E-state index in [2.05, 4.69) is 25.8 Å². The molecule has 1 aromatic carbocycles. The highest BCUT2D eigenvalue weighted by molar-refractivity contribution is 6.01. The van der Waals surface area contributed by atoms with Crippen molar-refractivity contribution >= 4 is 16.5 Å². The predicted molar refractivity (Wildman–Crippen MR) is 78.9 cm³/mol. The lowest BCUT2D eigenvalue weighted by Gasteiger charge is -2.10. The van der Waals surface area contributed by atoms with Gasteiger partial charge in [0.25, 0.3) is 0 Å². The third-order valence-corrected chi connectivity index (χ3v) is 3.64. The maximum Gasteiger partial charge on any atom is 0.179 e. The van der Waals surface area contributed by atoms with Crippen LogP contribution in [0.1, 0.15) is 5.69 Å². The highest BCUT2D eigenvalue weighted by atomic mass is 16.6. The number of rotatable bonds is 3. The van der Waals surface area contributed by atoms with Gasteiger partial charge in [0, 0.05) is 17.2 Å². The molecule has 0 bridgehead atoms. The Balaban J connectivity index is 1.98. The predicted octanol–water partition coefficient (Wildman–Crippen LogP) is 0.780. The highest BCUT2D eigenvalue weighted by Crippen LogP contribution is 2.32. The zero-order valence-electron chi connectivity index (χ0n) is 11.7. The van der Waals surface area contributed by atoms with Crippen molar-refractivity contribution < 1.29 is 9.94 Å². The van der Waals surface area contributed by atoms with Crippen molar-refractivity contribution in [2.24, 2.45) is 0 Å². The van der Waals surface area contributed by atoms with Crippen LogP contribution in [0.15, 0.2) is 24.5 Å². The van der Waals surface area contributed by atoms with Crippen LogP contribution < -0.4 is 5.48 Å². The lowest BCUT2D eigenvalue weighted by molar-refractivity contribution is 0.199. The van der Waals surface area contributed by atoms with Crippen LogP contribution in [0, 0.1) is 0 Å². The van der Waals surface area contributed by atoms with Gasteiger partial charge >= 0.3 is 0 Å². The van der Waals surface area contributed by atoms with Gasteiger partial charge in [-0.1, -0.05) is 12.1 Å². The molecule has 0 aliphatic carbocycles. The minimum absolute atomic E-state index is 0.0134. The van der Waals surface area contributed by atoms with Crippen molar-refractivity contribution in [3.63, 3.8) is 0 Å². The van der Waals surface area contributed by atoms with Gasteiger partial charge in [-0.15, -0.1) is 5.10 Å². The largest absolute Gasteiger partial charge is 0.394 e. The maximum atomic E-state index is 9.14. The third kappa shape index (κ3) is 2.00. The molecule has 22 heavy (non-hydrogen) atoms. The number of benzene rings is 1. The van der Waals surface area contributed by atoms with Crippen LogP contribution in [0.2, 0.25) is 0 Å². The van der Waals surface area contributed by atoms with E-state index in [1.165, 1.54) is 6.33 Å². The van der Waals surface area contributed by atoms with Gasteiger partial charge < -0.3 is 5.11 Å². The topological polar surface area (TPSA) is 98.0 Å². The van der Waals surface area contributed by atoms with Gasteiger partial charge in [0.2, 0.25) is 0 Å². The van der Waals surface area contributed by atoms with Gasteiger partial charge in [-0.05, 0) is 6.07 Å². The maximum absolute atomic E-state index is 9.14. The Morgan fingerprint density at radius 1 is 1.32 bits per heavy atom. The normalized spacial score (nSPS) is 13.9. The molecule has 1 aliphatic rings. The summed E-state index contributed by atoms with van der Waals surface area (Å²) in [5.74, 6) is 0.593. The second kappa shape index (κ2) is 5.32.